The number of benzene rings is 3. The molecule has 0 spiro atoms. The number of nitrogens with one attached hydrogen (secondary N) is 1. The molecule has 1 N–H and O–H groups in total. The largest absolute Gasteiger partial charge is 0.354 e. The second-order valence-electron chi connectivity index (χ2n) is 9.33. The summed E-state index contributed by atoms with van der Waals surface area (Å²) in [5.74, 6) is -2.52. The third-order valence-electron chi connectivity index (χ3n) is 6.27. The van der Waals surface area contributed by atoms with Gasteiger partial charge in [0.05, 0.1) is 17.0 Å². The maximum Gasteiger partial charge on any atom is 0.244 e. The van der Waals surface area contributed by atoms with Crippen LogP contribution in [0.3, 0.4) is 0 Å². The highest BCUT2D eigenvalue weighted by atomic mass is 35.5. The van der Waals surface area contributed by atoms with E-state index in [1.807, 2.05) is 13.0 Å². The maximum atomic E-state index is 14.8. The Balaban J connectivity index is 2.05. The van der Waals surface area contributed by atoms with Gasteiger partial charge in [0, 0.05) is 25.1 Å². The summed E-state index contributed by atoms with van der Waals surface area (Å²) in [4.78, 5) is 28.6. The molecular formula is C29H32ClF2N3O4S. The second kappa shape index (κ2) is 14.2. The molecule has 3 rings (SSSR count). The van der Waals surface area contributed by atoms with E-state index in [4.69, 9.17) is 11.6 Å². The molecular weight excluding hydrogens is 560 g/mol. The van der Waals surface area contributed by atoms with Crippen LogP contribution in [0.4, 0.5) is 14.5 Å². The Hall–Kier alpha value is -3.50. The average Bonchev–Trinajstić information content (AvgIpc) is 2.91. The van der Waals surface area contributed by atoms with Gasteiger partial charge in [-0.05, 0) is 36.2 Å². The summed E-state index contributed by atoms with van der Waals surface area (Å²) in [6, 6.07) is 17.1. The molecule has 40 heavy (non-hydrogen) atoms. The van der Waals surface area contributed by atoms with E-state index >= 15 is 0 Å². The molecule has 7 nitrogen and oxygen atoms in total. The van der Waals surface area contributed by atoms with E-state index < -0.39 is 46.1 Å². The Morgan fingerprint density at radius 3 is 2.27 bits per heavy atom. The first-order valence-corrected chi connectivity index (χ1v) is 15.0. The average molecular weight is 592 g/mol. The van der Waals surface area contributed by atoms with Crippen LogP contribution in [0, 0.1) is 11.6 Å². The lowest BCUT2D eigenvalue weighted by molar-refractivity contribution is -0.140. The van der Waals surface area contributed by atoms with Crippen LogP contribution in [0.2, 0.25) is 5.02 Å². The molecule has 1 atom stereocenters. The van der Waals surface area contributed by atoms with Crippen LogP contribution in [0.1, 0.15) is 30.9 Å². The van der Waals surface area contributed by atoms with E-state index in [1.165, 1.54) is 29.2 Å². The van der Waals surface area contributed by atoms with Crippen LogP contribution < -0.4 is 9.62 Å². The minimum absolute atomic E-state index is 0.0277. The molecule has 214 valence electrons. The maximum absolute atomic E-state index is 14.8. The molecule has 0 fully saturated rings. The first kappa shape index (κ1) is 31.0. The van der Waals surface area contributed by atoms with Crippen molar-refractivity contribution in [3.63, 3.8) is 0 Å². The number of hydrogen-bond acceptors (Lipinski definition) is 4. The van der Waals surface area contributed by atoms with Crippen LogP contribution in [-0.2, 0) is 32.6 Å². The summed E-state index contributed by atoms with van der Waals surface area (Å²) < 4.78 is 54.8. The normalized spacial score (nSPS) is 12.0. The van der Waals surface area contributed by atoms with Crippen LogP contribution in [-0.4, -0.2) is 50.5 Å². The lowest BCUT2D eigenvalue weighted by atomic mass is 10.0. The third-order valence-corrected chi connectivity index (χ3v) is 7.70. The first-order valence-electron chi connectivity index (χ1n) is 12.8. The summed E-state index contributed by atoms with van der Waals surface area (Å²) in [5, 5.41) is 2.53. The highest BCUT2D eigenvalue weighted by Gasteiger charge is 2.33. The van der Waals surface area contributed by atoms with Gasteiger partial charge >= 0.3 is 0 Å². The van der Waals surface area contributed by atoms with E-state index in [1.54, 1.807) is 30.3 Å². The summed E-state index contributed by atoms with van der Waals surface area (Å²) in [7, 11) is -4.05. The van der Waals surface area contributed by atoms with E-state index in [-0.39, 0.29) is 29.2 Å². The third kappa shape index (κ3) is 8.50. The Morgan fingerprint density at radius 1 is 0.975 bits per heavy atom. The number of carbonyl (C=O) groups excluding carboxylic acids is 2. The van der Waals surface area contributed by atoms with Crippen molar-refractivity contribution in [2.24, 2.45) is 0 Å². The first-order chi connectivity index (χ1) is 19.0. The summed E-state index contributed by atoms with van der Waals surface area (Å²) in [5.41, 5.74) is 0.890. The van der Waals surface area contributed by atoms with E-state index in [0.29, 0.717) is 6.54 Å². The van der Waals surface area contributed by atoms with Gasteiger partial charge in [0.15, 0.2) is 0 Å². The number of carbonyl (C=O) groups is 2. The summed E-state index contributed by atoms with van der Waals surface area (Å²) in [6.07, 6.45) is 2.57. The zero-order valence-corrected chi connectivity index (χ0v) is 23.9. The summed E-state index contributed by atoms with van der Waals surface area (Å²) >= 11 is 5.89. The van der Waals surface area contributed by atoms with Crippen molar-refractivity contribution in [3.05, 3.63) is 101 Å². The van der Waals surface area contributed by atoms with Crippen molar-refractivity contribution >= 4 is 39.1 Å². The molecule has 0 heterocycles. The minimum atomic E-state index is -4.05. The second-order valence-corrected chi connectivity index (χ2v) is 11.6. The van der Waals surface area contributed by atoms with Gasteiger partial charge in [-0.25, -0.2) is 17.2 Å². The molecule has 2 amide bonds. The number of anilines is 1. The zero-order valence-electron chi connectivity index (χ0n) is 22.3. The smallest absolute Gasteiger partial charge is 0.244 e. The fraction of sp³-hybridized carbons (Fsp3) is 0.310. The van der Waals surface area contributed by atoms with Crippen LogP contribution in [0.5, 0.6) is 0 Å². The molecule has 0 radical (unpaired) electrons. The molecule has 0 aliphatic carbocycles. The van der Waals surface area contributed by atoms with Gasteiger partial charge in [0.25, 0.3) is 0 Å². The fourth-order valence-electron chi connectivity index (χ4n) is 4.12. The topological polar surface area (TPSA) is 86.8 Å². The molecule has 0 saturated heterocycles. The number of rotatable bonds is 13. The van der Waals surface area contributed by atoms with Crippen LogP contribution >= 0.6 is 11.6 Å². The molecule has 0 aliphatic rings. The van der Waals surface area contributed by atoms with Crippen molar-refractivity contribution in [1.82, 2.24) is 10.2 Å². The lowest BCUT2D eigenvalue weighted by Crippen LogP contribution is -2.53. The lowest BCUT2D eigenvalue weighted by Gasteiger charge is -2.33. The van der Waals surface area contributed by atoms with Crippen molar-refractivity contribution < 1.29 is 26.8 Å². The van der Waals surface area contributed by atoms with E-state index in [2.05, 4.69) is 5.32 Å². The predicted molar refractivity (Wildman–Crippen MR) is 152 cm³/mol. The van der Waals surface area contributed by atoms with Gasteiger partial charge in [-0.1, -0.05) is 73.5 Å². The SMILES string of the molecule is CCCCNC(=O)C(Cc1ccccc1)N(Cc1ccccc1F)C(=O)CN(c1ccc(F)c(Cl)c1)S(C)(=O)=O. The Labute approximate surface area is 238 Å². The molecule has 0 bridgehead atoms. The molecule has 0 aliphatic heterocycles. The number of unbranched alkanes of at least 4 members (excludes halogenated alkanes) is 1. The van der Waals surface area contributed by atoms with Crippen molar-refractivity contribution in [2.75, 3.05) is 23.7 Å². The summed E-state index contributed by atoms with van der Waals surface area (Å²) in [6.45, 7) is 1.35. The molecule has 0 saturated carbocycles. The minimum Gasteiger partial charge on any atom is -0.354 e. The van der Waals surface area contributed by atoms with Crippen LogP contribution in [0.15, 0.2) is 72.8 Å². The fourth-order valence-corrected chi connectivity index (χ4v) is 5.14. The molecule has 3 aromatic rings. The number of hydrogen-bond donors (Lipinski definition) is 1. The number of halogens is 3. The molecule has 11 heteroatoms. The molecule has 1 unspecified atom stereocenters. The molecule has 0 aromatic heterocycles. The van der Waals surface area contributed by atoms with Crippen molar-refractivity contribution in [1.29, 1.82) is 0 Å². The van der Waals surface area contributed by atoms with Gasteiger partial charge < -0.3 is 10.2 Å². The van der Waals surface area contributed by atoms with Crippen molar-refractivity contribution in [3.8, 4) is 0 Å². The van der Waals surface area contributed by atoms with E-state index in [0.717, 1.165) is 41.1 Å². The quantitative estimate of drug-likeness (QED) is 0.285. The zero-order chi connectivity index (χ0) is 29.3. The Kier molecular flexibility index (Phi) is 11.0. The number of amides is 2. The van der Waals surface area contributed by atoms with Gasteiger partial charge in [-0.2, -0.15) is 0 Å². The molecule has 3 aromatic carbocycles. The standard InChI is InChI=1S/C29H32ClF2N3O4S/c1-3-4-16-33-29(37)27(17-21-10-6-5-7-11-21)34(19-22-12-8-9-13-25(22)31)28(36)20-35(40(2,38)39)23-14-15-26(32)24(30)18-23/h5-15,18,27H,3-4,16-17,19-20H2,1-2H3,(H,33,37). The van der Waals surface area contributed by atoms with Gasteiger partial charge in [0.2, 0.25) is 21.8 Å². The van der Waals surface area contributed by atoms with Gasteiger partial charge in [0.1, 0.15) is 24.2 Å². The highest BCUT2D eigenvalue weighted by Crippen LogP contribution is 2.25. The van der Waals surface area contributed by atoms with E-state index in [9.17, 15) is 26.8 Å². The van der Waals surface area contributed by atoms with Crippen LogP contribution in [0.25, 0.3) is 0 Å². The van der Waals surface area contributed by atoms with Gasteiger partial charge in [-0.3, -0.25) is 13.9 Å². The highest BCUT2D eigenvalue weighted by molar-refractivity contribution is 7.92. The van der Waals surface area contributed by atoms with Gasteiger partial charge in [-0.15, -0.1) is 0 Å². The predicted octanol–water partition coefficient (Wildman–Crippen LogP) is 4.94. The number of nitrogens with zero attached hydrogens (tertiary/aromatic N) is 2. The monoisotopic (exact) mass is 591 g/mol. The number of sulfonamides is 1. The van der Waals surface area contributed by atoms with Crippen molar-refractivity contribution in [2.45, 2.75) is 38.8 Å². The Morgan fingerprint density at radius 2 is 1.65 bits per heavy atom. The Bertz CT molecular complexity index is 1420.